The topological polar surface area (TPSA) is 20.3 Å². The summed E-state index contributed by atoms with van der Waals surface area (Å²) in [7, 11) is 0. The van der Waals surface area contributed by atoms with Crippen LogP contribution in [0.25, 0.3) is 0 Å². The van der Waals surface area contributed by atoms with Crippen molar-refractivity contribution in [3.05, 3.63) is 33.3 Å². The number of amides is 1. The summed E-state index contributed by atoms with van der Waals surface area (Å²) in [4.78, 5) is 14.2. The summed E-state index contributed by atoms with van der Waals surface area (Å²) < 4.78 is 0.885. The van der Waals surface area contributed by atoms with Crippen molar-refractivity contribution in [3.8, 4) is 0 Å². The molecular weight excluding hydrogens is 302 g/mol. The number of nitrogens with zero attached hydrogens (tertiary/aromatic N) is 1. The Hall–Kier alpha value is -0.540. The fraction of sp³-hybridized carbons (Fsp3) is 0.462. The van der Waals surface area contributed by atoms with Gasteiger partial charge in [0.2, 0.25) is 0 Å². The van der Waals surface area contributed by atoms with Gasteiger partial charge < -0.3 is 4.90 Å². The molecule has 0 saturated carbocycles. The molecule has 1 aliphatic rings. The summed E-state index contributed by atoms with van der Waals surface area (Å²) in [6.45, 7) is 3.86. The molecule has 1 amide bonds. The number of hydrogen-bond donors (Lipinski definition) is 0. The van der Waals surface area contributed by atoms with E-state index >= 15 is 0 Å². The van der Waals surface area contributed by atoms with Crippen LogP contribution in [0.2, 0.25) is 5.02 Å². The maximum Gasteiger partial charge on any atom is 0.255 e. The number of carbonyl (C=O) groups is 1. The van der Waals surface area contributed by atoms with Gasteiger partial charge in [-0.25, -0.2) is 0 Å². The fourth-order valence-corrected chi connectivity index (χ4v) is 2.77. The molecule has 0 spiro atoms. The predicted octanol–water partition coefficient (Wildman–Crippen LogP) is 3.97. The largest absolute Gasteiger partial charge is 0.338 e. The standard InChI is InChI=1S/C13H15BrClNO/c1-9-3-2-6-16(8-9)13(17)11-7-10(14)4-5-12(11)15/h4-5,7,9H,2-3,6,8H2,1H3/t9-/m1/s1. The van der Waals surface area contributed by atoms with Crippen molar-refractivity contribution in [1.82, 2.24) is 4.90 Å². The van der Waals surface area contributed by atoms with Gasteiger partial charge in [0.1, 0.15) is 0 Å². The van der Waals surface area contributed by atoms with Crippen molar-refractivity contribution < 1.29 is 4.79 Å². The minimum atomic E-state index is 0.0443. The van der Waals surface area contributed by atoms with E-state index in [1.807, 2.05) is 11.0 Å². The van der Waals surface area contributed by atoms with Crippen LogP contribution in [0.15, 0.2) is 22.7 Å². The Morgan fingerprint density at radius 2 is 2.29 bits per heavy atom. The Morgan fingerprint density at radius 3 is 3.00 bits per heavy atom. The molecule has 1 heterocycles. The van der Waals surface area contributed by atoms with Crippen molar-refractivity contribution in [2.24, 2.45) is 5.92 Å². The number of likely N-dealkylation sites (tertiary alicyclic amines) is 1. The third-order valence-corrected chi connectivity index (χ3v) is 3.93. The van der Waals surface area contributed by atoms with E-state index in [2.05, 4.69) is 22.9 Å². The molecule has 2 nitrogen and oxygen atoms in total. The number of hydrogen-bond acceptors (Lipinski definition) is 1. The predicted molar refractivity (Wildman–Crippen MR) is 73.5 cm³/mol. The lowest BCUT2D eigenvalue weighted by molar-refractivity contribution is 0.0683. The highest BCUT2D eigenvalue weighted by Crippen LogP contribution is 2.24. The first-order valence-corrected chi connectivity index (χ1v) is 6.99. The third kappa shape index (κ3) is 3.02. The van der Waals surface area contributed by atoms with E-state index in [0.717, 1.165) is 24.0 Å². The van der Waals surface area contributed by atoms with Gasteiger partial charge in [0.15, 0.2) is 0 Å². The summed E-state index contributed by atoms with van der Waals surface area (Å²) in [5, 5.41) is 0.524. The summed E-state index contributed by atoms with van der Waals surface area (Å²) >= 11 is 9.45. The van der Waals surface area contributed by atoms with Gasteiger partial charge in [-0.2, -0.15) is 0 Å². The second kappa shape index (κ2) is 5.40. The minimum Gasteiger partial charge on any atom is -0.338 e. The van der Waals surface area contributed by atoms with E-state index in [1.165, 1.54) is 6.42 Å². The van der Waals surface area contributed by atoms with E-state index in [1.54, 1.807) is 12.1 Å². The van der Waals surface area contributed by atoms with E-state index in [4.69, 9.17) is 11.6 Å². The molecule has 2 rings (SSSR count). The van der Waals surface area contributed by atoms with Crippen LogP contribution in [-0.2, 0) is 0 Å². The molecule has 1 atom stereocenters. The van der Waals surface area contributed by atoms with Gasteiger partial charge in [0.25, 0.3) is 5.91 Å². The van der Waals surface area contributed by atoms with E-state index in [0.29, 0.717) is 16.5 Å². The molecule has 0 N–H and O–H groups in total. The van der Waals surface area contributed by atoms with Crippen LogP contribution in [-0.4, -0.2) is 23.9 Å². The highest BCUT2D eigenvalue weighted by Gasteiger charge is 2.23. The lowest BCUT2D eigenvalue weighted by atomic mass is 9.99. The van der Waals surface area contributed by atoms with E-state index in [9.17, 15) is 4.79 Å². The van der Waals surface area contributed by atoms with Gasteiger partial charge in [0.05, 0.1) is 10.6 Å². The molecule has 0 unspecified atom stereocenters. The van der Waals surface area contributed by atoms with Crippen molar-refractivity contribution in [3.63, 3.8) is 0 Å². The van der Waals surface area contributed by atoms with Crippen LogP contribution in [0.5, 0.6) is 0 Å². The maximum atomic E-state index is 12.3. The number of halogens is 2. The van der Waals surface area contributed by atoms with Gasteiger partial charge in [-0.3, -0.25) is 4.79 Å². The monoisotopic (exact) mass is 315 g/mol. The smallest absolute Gasteiger partial charge is 0.255 e. The molecule has 17 heavy (non-hydrogen) atoms. The van der Waals surface area contributed by atoms with Crippen molar-refractivity contribution >= 4 is 33.4 Å². The Kier molecular flexibility index (Phi) is 4.10. The van der Waals surface area contributed by atoms with E-state index < -0.39 is 0 Å². The van der Waals surface area contributed by atoms with Crippen molar-refractivity contribution in [2.75, 3.05) is 13.1 Å². The lowest BCUT2D eigenvalue weighted by Gasteiger charge is -2.31. The average Bonchev–Trinajstić information content (AvgIpc) is 2.31. The van der Waals surface area contributed by atoms with Crippen LogP contribution < -0.4 is 0 Å². The lowest BCUT2D eigenvalue weighted by Crippen LogP contribution is -2.39. The number of benzene rings is 1. The SMILES string of the molecule is C[C@@H]1CCCN(C(=O)c2cc(Br)ccc2Cl)C1. The molecule has 1 aliphatic heterocycles. The van der Waals surface area contributed by atoms with Crippen molar-refractivity contribution in [2.45, 2.75) is 19.8 Å². The zero-order chi connectivity index (χ0) is 12.4. The maximum absolute atomic E-state index is 12.3. The zero-order valence-electron chi connectivity index (χ0n) is 9.75. The Balaban J connectivity index is 2.21. The van der Waals surface area contributed by atoms with Crippen LogP contribution in [0, 0.1) is 5.92 Å². The quantitative estimate of drug-likeness (QED) is 0.767. The van der Waals surface area contributed by atoms with Crippen LogP contribution in [0.3, 0.4) is 0 Å². The number of rotatable bonds is 1. The van der Waals surface area contributed by atoms with Gasteiger partial charge >= 0.3 is 0 Å². The second-order valence-corrected chi connectivity index (χ2v) is 5.95. The molecule has 92 valence electrons. The van der Waals surface area contributed by atoms with Gasteiger partial charge in [0, 0.05) is 17.6 Å². The van der Waals surface area contributed by atoms with Crippen molar-refractivity contribution in [1.29, 1.82) is 0 Å². The molecule has 1 saturated heterocycles. The summed E-state index contributed by atoms with van der Waals surface area (Å²) in [5.74, 6) is 0.626. The summed E-state index contributed by atoms with van der Waals surface area (Å²) in [6.07, 6.45) is 2.29. The number of carbonyl (C=O) groups excluding carboxylic acids is 1. The molecule has 1 aromatic carbocycles. The summed E-state index contributed by atoms with van der Waals surface area (Å²) in [6, 6.07) is 5.40. The Morgan fingerprint density at radius 1 is 1.53 bits per heavy atom. The first-order chi connectivity index (χ1) is 8.08. The number of piperidine rings is 1. The molecule has 0 radical (unpaired) electrons. The molecule has 4 heteroatoms. The zero-order valence-corrected chi connectivity index (χ0v) is 12.1. The molecule has 0 aromatic heterocycles. The highest BCUT2D eigenvalue weighted by atomic mass is 79.9. The third-order valence-electron chi connectivity index (χ3n) is 3.10. The van der Waals surface area contributed by atoms with Crippen LogP contribution in [0.1, 0.15) is 30.1 Å². The van der Waals surface area contributed by atoms with Gasteiger partial charge in [-0.1, -0.05) is 34.5 Å². The highest BCUT2D eigenvalue weighted by molar-refractivity contribution is 9.10. The van der Waals surface area contributed by atoms with E-state index in [-0.39, 0.29) is 5.91 Å². The summed E-state index contributed by atoms with van der Waals surface area (Å²) in [5.41, 5.74) is 0.593. The second-order valence-electron chi connectivity index (χ2n) is 4.62. The normalized spacial score (nSPS) is 20.4. The Labute approximate surface area is 115 Å². The fourth-order valence-electron chi connectivity index (χ4n) is 2.21. The van der Waals surface area contributed by atoms with Crippen LogP contribution >= 0.6 is 27.5 Å². The first-order valence-electron chi connectivity index (χ1n) is 5.82. The first kappa shape index (κ1) is 12.9. The average molecular weight is 317 g/mol. The minimum absolute atomic E-state index is 0.0443. The molecule has 0 bridgehead atoms. The van der Waals surface area contributed by atoms with Gasteiger partial charge in [-0.15, -0.1) is 0 Å². The van der Waals surface area contributed by atoms with Gasteiger partial charge in [-0.05, 0) is 37.0 Å². The molecule has 0 aliphatic carbocycles. The Bertz CT molecular complexity index is 435. The molecule has 1 aromatic rings. The van der Waals surface area contributed by atoms with Crippen LogP contribution in [0.4, 0.5) is 0 Å². The molecular formula is C13H15BrClNO. The molecule has 1 fully saturated rings.